The van der Waals surface area contributed by atoms with E-state index in [4.69, 9.17) is 5.73 Å². The molecule has 2 N–H and O–H groups in total. The van der Waals surface area contributed by atoms with E-state index in [1.165, 1.54) is 0 Å². The Balaban J connectivity index is 0.00000400. The quantitative estimate of drug-likeness (QED) is 0.835. The van der Waals surface area contributed by atoms with Gasteiger partial charge in [0.1, 0.15) is 0 Å². The fourth-order valence-corrected chi connectivity index (χ4v) is 2.56. The van der Waals surface area contributed by atoms with Crippen LogP contribution in [-0.4, -0.2) is 54.3 Å². The van der Waals surface area contributed by atoms with Gasteiger partial charge in [-0.25, -0.2) is 0 Å². The number of likely N-dealkylation sites (tertiary alicyclic amines) is 1. The molecule has 1 rings (SSSR count). The molecule has 0 spiro atoms. The van der Waals surface area contributed by atoms with Gasteiger partial charge in [0.2, 0.25) is 11.8 Å². The summed E-state index contributed by atoms with van der Waals surface area (Å²) in [6.07, 6.45) is 2.61. The molecule has 21 heavy (non-hydrogen) atoms. The number of piperidine rings is 1. The van der Waals surface area contributed by atoms with E-state index in [0.29, 0.717) is 19.0 Å². The van der Waals surface area contributed by atoms with Gasteiger partial charge in [-0.1, -0.05) is 13.8 Å². The summed E-state index contributed by atoms with van der Waals surface area (Å²) < 4.78 is 0. The number of amides is 2. The minimum Gasteiger partial charge on any atom is -0.345 e. The van der Waals surface area contributed by atoms with Gasteiger partial charge >= 0.3 is 0 Å². The van der Waals surface area contributed by atoms with Crippen molar-refractivity contribution in [3.05, 3.63) is 0 Å². The van der Waals surface area contributed by atoms with Gasteiger partial charge in [0.15, 0.2) is 0 Å². The Kier molecular flexibility index (Phi) is 8.90. The average Bonchev–Trinajstić information content (AvgIpc) is 2.43. The second-order valence-corrected chi connectivity index (χ2v) is 6.26. The summed E-state index contributed by atoms with van der Waals surface area (Å²) in [5, 5.41) is 0. The first-order valence-corrected chi connectivity index (χ1v) is 7.59. The van der Waals surface area contributed by atoms with Crippen molar-refractivity contribution in [1.82, 2.24) is 9.80 Å². The minimum absolute atomic E-state index is 0. The molecular weight excluding hydrogens is 290 g/mol. The highest BCUT2D eigenvalue weighted by molar-refractivity contribution is 5.85. The lowest BCUT2D eigenvalue weighted by Crippen LogP contribution is -2.46. The van der Waals surface area contributed by atoms with Crippen LogP contribution in [0.1, 0.15) is 40.0 Å². The standard InChI is InChI=1S/C15H29N3O2.ClH/c1-11(2)14(16)7-9-17(4)15(20)13-6-5-8-18(10-13)12(3)19;/h11,13-14H,5-10,16H2,1-4H3;1H. The maximum Gasteiger partial charge on any atom is 0.227 e. The Bertz CT molecular complexity index is 350. The van der Waals surface area contributed by atoms with Crippen LogP contribution in [0.2, 0.25) is 0 Å². The lowest BCUT2D eigenvalue weighted by atomic mass is 9.96. The number of hydrogen-bond donors (Lipinski definition) is 1. The van der Waals surface area contributed by atoms with E-state index in [9.17, 15) is 9.59 Å². The van der Waals surface area contributed by atoms with Crippen LogP contribution >= 0.6 is 12.4 Å². The highest BCUT2D eigenvalue weighted by Crippen LogP contribution is 2.19. The number of carbonyl (C=O) groups excluding carboxylic acids is 2. The number of halogens is 1. The molecule has 2 unspecified atom stereocenters. The van der Waals surface area contributed by atoms with Crippen LogP contribution < -0.4 is 5.73 Å². The van der Waals surface area contributed by atoms with Crippen molar-refractivity contribution in [2.75, 3.05) is 26.7 Å². The predicted molar refractivity (Wildman–Crippen MR) is 87.3 cm³/mol. The van der Waals surface area contributed by atoms with Crippen LogP contribution in [0.25, 0.3) is 0 Å². The number of hydrogen-bond acceptors (Lipinski definition) is 3. The average molecular weight is 320 g/mol. The first-order valence-electron chi connectivity index (χ1n) is 7.59. The lowest BCUT2D eigenvalue weighted by molar-refractivity contribution is -0.139. The topological polar surface area (TPSA) is 66.6 Å². The first kappa shape index (κ1) is 20.2. The smallest absolute Gasteiger partial charge is 0.227 e. The van der Waals surface area contributed by atoms with Gasteiger partial charge in [-0.2, -0.15) is 0 Å². The van der Waals surface area contributed by atoms with Gasteiger partial charge in [0, 0.05) is 39.6 Å². The second kappa shape index (κ2) is 9.26. The summed E-state index contributed by atoms with van der Waals surface area (Å²) in [6, 6.07) is 0.130. The summed E-state index contributed by atoms with van der Waals surface area (Å²) in [7, 11) is 1.84. The maximum absolute atomic E-state index is 12.4. The Hall–Kier alpha value is -0.810. The third kappa shape index (κ3) is 6.22. The molecule has 0 bridgehead atoms. The van der Waals surface area contributed by atoms with Crippen LogP contribution in [0, 0.1) is 11.8 Å². The largest absolute Gasteiger partial charge is 0.345 e. The molecule has 1 saturated heterocycles. The number of nitrogens with two attached hydrogens (primary N) is 1. The third-order valence-corrected chi connectivity index (χ3v) is 4.25. The van der Waals surface area contributed by atoms with E-state index in [2.05, 4.69) is 13.8 Å². The molecule has 1 aliphatic heterocycles. The zero-order valence-corrected chi connectivity index (χ0v) is 14.5. The zero-order chi connectivity index (χ0) is 15.3. The van der Waals surface area contributed by atoms with Crippen LogP contribution in [0.15, 0.2) is 0 Å². The van der Waals surface area contributed by atoms with Crippen molar-refractivity contribution < 1.29 is 9.59 Å². The molecule has 1 heterocycles. The molecule has 0 aromatic rings. The molecular formula is C15H30ClN3O2. The highest BCUT2D eigenvalue weighted by atomic mass is 35.5. The molecule has 2 amide bonds. The lowest BCUT2D eigenvalue weighted by Gasteiger charge is -2.33. The van der Waals surface area contributed by atoms with Gasteiger partial charge in [-0.05, 0) is 25.2 Å². The van der Waals surface area contributed by atoms with Crippen molar-refractivity contribution in [2.24, 2.45) is 17.6 Å². The highest BCUT2D eigenvalue weighted by Gasteiger charge is 2.29. The SMILES string of the molecule is CC(=O)N1CCCC(C(=O)N(C)CCC(N)C(C)C)C1.Cl. The summed E-state index contributed by atoms with van der Waals surface area (Å²) >= 11 is 0. The fraction of sp³-hybridized carbons (Fsp3) is 0.867. The Morgan fingerprint density at radius 1 is 1.38 bits per heavy atom. The van der Waals surface area contributed by atoms with E-state index in [0.717, 1.165) is 25.8 Å². The molecule has 0 aromatic carbocycles. The van der Waals surface area contributed by atoms with Gasteiger partial charge < -0.3 is 15.5 Å². The predicted octanol–water partition coefficient (Wildman–Crippen LogP) is 1.50. The van der Waals surface area contributed by atoms with Crippen molar-refractivity contribution in [2.45, 2.75) is 46.1 Å². The van der Waals surface area contributed by atoms with Crippen LogP contribution in [0.5, 0.6) is 0 Å². The summed E-state index contributed by atoms with van der Waals surface area (Å²) in [4.78, 5) is 27.4. The monoisotopic (exact) mass is 319 g/mol. The van der Waals surface area contributed by atoms with Gasteiger partial charge in [0.05, 0.1) is 5.92 Å². The molecule has 0 saturated carbocycles. The van der Waals surface area contributed by atoms with Crippen LogP contribution in [0.4, 0.5) is 0 Å². The second-order valence-electron chi connectivity index (χ2n) is 6.26. The molecule has 0 radical (unpaired) electrons. The first-order chi connectivity index (χ1) is 9.32. The van der Waals surface area contributed by atoms with Gasteiger partial charge in [-0.3, -0.25) is 9.59 Å². The van der Waals surface area contributed by atoms with E-state index in [1.807, 2.05) is 7.05 Å². The maximum atomic E-state index is 12.4. The normalized spacial score (nSPS) is 19.9. The van der Waals surface area contributed by atoms with E-state index < -0.39 is 0 Å². The fourth-order valence-electron chi connectivity index (χ4n) is 2.56. The zero-order valence-electron chi connectivity index (χ0n) is 13.7. The molecule has 1 aliphatic rings. The summed E-state index contributed by atoms with van der Waals surface area (Å²) in [6.45, 7) is 7.79. The van der Waals surface area contributed by atoms with E-state index in [1.54, 1.807) is 16.7 Å². The molecule has 124 valence electrons. The molecule has 5 nitrogen and oxygen atoms in total. The number of carbonyl (C=O) groups is 2. The van der Waals surface area contributed by atoms with Gasteiger partial charge in [-0.15, -0.1) is 12.4 Å². The Morgan fingerprint density at radius 2 is 2.00 bits per heavy atom. The molecule has 2 atom stereocenters. The molecule has 0 aromatic heterocycles. The van der Waals surface area contributed by atoms with Crippen molar-refractivity contribution >= 4 is 24.2 Å². The van der Waals surface area contributed by atoms with Crippen LogP contribution in [0.3, 0.4) is 0 Å². The van der Waals surface area contributed by atoms with Crippen molar-refractivity contribution in [3.63, 3.8) is 0 Å². The third-order valence-electron chi connectivity index (χ3n) is 4.25. The van der Waals surface area contributed by atoms with Gasteiger partial charge in [0.25, 0.3) is 0 Å². The Morgan fingerprint density at radius 3 is 2.52 bits per heavy atom. The molecule has 6 heteroatoms. The summed E-state index contributed by atoms with van der Waals surface area (Å²) in [5.41, 5.74) is 6.01. The summed E-state index contributed by atoms with van der Waals surface area (Å²) in [5.74, 6) is 0.591. The minimum atomic E-state index is -0.0482. The van der Waals surface area contributed by atoms with E-state index >= 15 is 0 Å². The molecule has 1 fully saturated rings. The Labute approximate surface area is 134 Å². The van der Waals surface area contributed by atoms with Crippen molar-refractivity contribution in [3.8, 4) is 0 Å². The van der Waals surface area contributed by atoms with Crippen LogP contribution in [-0.2, 0) is 9.59 Å². The molecule has 0 aliphatic carbocycles. The van der Waals surface area contributed by atoms with Crippen molar-refractivity contribution in [1.29, 1.82) is 0 Å². The number of rotatable bonds is 5. The number of nitrogens with zero attached hydrogens (tertiary/aromatic N) is 2. The van der Waals surface area contributed by atoms with E-state index in [-0.39, 0.29) is 36.2 Å².